The van der Waals surface area contributed by atoms with Gasteiger partial charge in [0.25, 0.3) is 0 Å². The van der Waals surface area contributed by atoms with Gasteiger partial charge in [-0.1, -0.05) is 30.3 Å². The number of aryl methyl sites for hydroxylation is 1. The van der Waals surface area contributed by atoms with Gasteiger partial charge in [0.05, 0.1) is 7.11 Å². The number of carbonyl (C=O) groups is 2. The third-order valence-corrected chi connectivity index (χ3v) is 4.43. The van der Waals surface area contributed by atoms with E-state index in [1.165, 1.54) is 0 Å². The van der Waals surface area contributed by atoms with Crippen LogP contribution in [0.15, 0.2) is 54.6 Å². The molecule has 0 aromatic heterocycles. The molecule has 0 spiro atoms. The molecule has 1 aliphatic heterocycles. The second-order valence-corrected chi connectivity index (χ2v) is 6.04. The van der Waals surface area contributed by atoms with Crippen LogP contribution < -0.4 is 9.64 Å². The van der Waals surface area contributed by atoms with E-state index in [0.29, 0.717) is 25.9 Å². The molecule has 1 fully saturated rings. The van der Waals surface area contributed by atoms with Gasteiger partial charge in [0.1, 0.15) is 12.3 Å². The summed E-state index contributed by atoms with van der Waals surface area (Å²) in [5.74, 6) is 0.796. The van der Waals surface area contributed by atoms with Crippen molar-refractivity contribution in [3.63, 3.8) is 0 Å². The molecule has 1 aliphatic rings. The highest BCUT2D eigenvalue weighted by molar-refractivity contribution is 5.97. The predicted molar refractivity (Wildman–Crippen MR) is 96.7 cm³/mol. The van der Waals surface area contributed by atoms with Crippen LogP contribution in [0.25, 0.3) is 0 Å². The van der Waals surface area contributed by atoms with Crippen LogP contribution in [0.5, 0.6) is 5.75 Å². The fourth-order valence-electron chi connectivity index (χ4n) is 2.97. The zero-order chi connectivity index (χ0) is 17.6. The molecule has 1 heterocycles. The Morgan fingerprint density at radius 3 is 2.40 bits per heavy atom. The lowest BCUT2D eigenvalue weighted by Crippen LogP contribution is -2.52. The summed E-state index contributed by atoms with van der Waals surface area (Å²) in [4.78, 5) is 28.2. The van der Waals surface area contributed by atoms with E-state index in [1.807, 2.05) is 54.6 Å². The van der Waals surface area contributed by atoms with Gasteiger partial charge < -0.3 is 14.5 Å². The zero-order valence-corrected chi connectivity index (χ0v) is 14.4. The molecule has 0 saturated carbocycles. The number of para-hydroxylation sites is 1. The van der Waals surface area contributed by atoms with Crippen LogP contribution in [0.3, 0.4) is 0 Å². The highest BCUT2D eigenvalue weighted by Gasteiger charge is 2.27. The standard InChI is InChI=1S/C20H22N2O3/c1-25-18-10-7-16(8-11-18)9-12-19(23)21-13-14-22(20(24)15-21)17-5-3-2-4-6-17/h2-8,10-11H,9,12-15H2,1H3. The summed E-state index contributed by atoms with van der Waals surface area (Å²) in [6.45, 7) is 1.26. The van der Waals surface area contributed by atoms with Crippen molar-refractivity contribution in [2.24, 2.45) is 0 Å². The highest BCUT2D eigenvalue weighted by atomic mass is 16.5. The number of anilines is 1. The summed E-state index contributed by atoms with van der Waals surface area (Å²) < 4.78 is 5.13. The van der Waals surface area contributed by atoms with Gasteiger partial charge in [-0.25, -0.2) is 0 Å². The molecule has 0 radical (unpaired) electrons. The molecule has 2 aromatic rings. The fraction of sp³-hybridized carbons (Fsp3) is 0.300. The lowest BCUT2D eigenvalue weighted by atomic mass is 10.1. The lowest BCUT2D eigenvalue weighted by molar-refractivity contribution is -0.136. The molecule has 0 bridgehead atoms. The van der Waals surface area contributed by atoms with Crippen molar-refractivity contribution in [2.45, 2.75) is 12.8 Å². The van der Waals surface area contributed by atoms with Crippen LogP contribution in [0, 0.1) is 0 Å². The average molecular weight is 338 g/mol. The van der Waals surface area contributed by atoms with Gasteiger partial charge in [0.2, 0.25) is 11.8 Å². The number of amides is 2. The van der Waals surface area contributed by atoms with Crippen LogP contribution in [-0.2, 0) is 16.0 Å². The molecule has 0 N–H and O–H groups in total. The molecule has 0 atom stereocenters. The summed E-state index contributed by atoms with van der Waals surface area (Å²) in [6, 6.07) is 17.3. The minimum absolute atomic E-state index is 0.0249. The number of hydrogen-bond donors (Lipinski definition) is 0. The highest BCUT2D eigenvalue weighted by Crippen LogP contribution is 2.18. The number of methoxy groups -OCH3 is 1. The lowest BCUT2D eigenvalue weighted by Gasteiger charge is -2.34. The van der Waals surface area contributed by atoms with Gasteiger partial charge in [-0.05, 0) is 36.2 Å². The summed E-state index contributed by atoms with van der Waals surface area (Å²) in [7, 11) is 1.63. The Bertz CT molecular complexity index is 728. The van der Waals surface area contributed by atoms with E-state index in [0.717, 1.165) is 17.0 Å². The van der Waals surface area contributed by atoms with E-state index in [4.69, 9.17) is 4.74 Å². The molecule has 130 valence electrons. The number of hydrogen-bond acceptors (Lipinski definition) is 3. The Morgan fingerprint density at radius 2 is 1.76 bits per heavy atom. The van der Waals surface area contributed by atoms with Crippen LogP contribution in [-0.4, -0.2) is 43.5 Å². The van der Waals surface area contributed by atoms with Crippen molar-refractivity contribution in [2.75, 3.05) is 31.6 Å². The molecule has 0 aliphatic carbocycles. The normalized spacial score (nSPS) is 14.5. The molecule has 1 saturated heterocycles. The van der Waals surface area contributed by atoms with Crippen LogP contribution >= 0.6 is 0 Å². The molecule has 5 nitrogen and oxygen atoms in total. The summed E-state index contributed by atoms with van der Waals surface area (Å²) in [5, 5.41) is 0. The number of carbonyl (C=O) groups excluding carboxylic acids is 2. The van der Waals surface area contributed by atoms with Gasteiger partial charge in [-0.2, -0.15) is 0 Å². The molecule has 2 amide bonds. The number of piperazine rings is 1. The van der Waals surface area contributed by atoms with Crippen molar-refractivity contribution in [3.05, 3.63) is 60.2 Å². The van der Waals surface area contributed by atoms with E-state index in [-0.39, 0.29) is 18.4 Å². The van der Waals surface area contributed by atoms with Crippen LogP contribution in [0.4, 0.5) is 5.69 Å². The third-order valence-electron chi connectivity index (χ3n) is 4.43. The Morgan fingerprint density at radius 1 is 1.04 bits per heavy atom. The van der Waals surface area contributed by atoms with Crippen LogP contribution in [0.2, 0.25) is 0 Å². The first-order valence-corrected chi connectivity index (χ1v) is 8.43. The smallest absolute Gasteiger partial charge is 0.246 e. The average Bonchev–Trinajstić information content (AvgIpc) is 2.67. The first-order chi connectivity index (χ1) is 12.2. The summed E-state index contributed by atoms with van der Waals surface area (Å²) >= 11 is 0. The van der Waals surface area contributed by atoms with E-state index in [9.17, 15) is 9.59 Å². The Hall–Kier alpha value is -2.82. The molecule has 25 heavy (non-hydrogen) atoms. The van der Waals surface area contributed by atoms with Crippen molar-refractivity contribution >= 4 is 17.5 Å². The number of ether oxygens (including phenoxy) is 1. The van der Waals surface area contributed by atoms with Crippen molar-refractivity contribution in [1.29, 1.82) is 0 Å². The van der Waals surface area contributed by atoms with Crippen molar-refractivity contribution in [1.82, 2.24) is 4.90 Å². The quantitative estimate of drug-likeness (QED) is 0.842. The molecule has 2 aromatic carbocycles. The topological polar surface area (TPSA) is 49.9 Å². The maximum absolute atomic E-state index is 12.4. The fourth-order valence-corrected chi connectivity index (χ4v) is 2.97. The summed E-state index contributed by atoms with van der Waals surface area (Å²) in [5.41, 5.74) is 1.97. The van der Waals surface area contributed by atoms with Gasteiger partial charge >= 0.3 is 0 Å². The van der Waals surface area contributed by atoms with Crippen molar-refractivity contribution in [3.8, 4) is 5.75 Å². The molecular weight excluding hydrogens is 316 g/mol. The van der Waals surface area contributed by atoms with Gasteiger partial charge in [-0.15, -0.1) is 0 Å². The molecule has 0 unspecified atom stereocenters. The predicted octanol–water partition coefficient (Wildman–Crippen LogP) is 2.50. The minimum Gasteiger partial charge on any atom is -0.497 e. The first kappa shape index (κ1) is 17.0. The molecule has 3 rings (SSSR count). The van der Waals surface area contributed by atoms with E-state index in [1.54, 1.807) is 16.9 Å². The summed E-state index contributed by atoms with van der Waals surface area (Å²) in [6.07, 6.45) is 1.07. The largest absolute Gasteiger partial charge is 0.497 e. The number of rotatable bonds is 5. The van der Waals surface area contributed by atoms with E-state index in [2.05, 4.69) is 0 Å². The van der Waals surface area contributed by atoms with Gasteiger partial charge in [0, 0.05) is 25.2 Å². The van der Waals surface area contributed by atoms with Gasteiger partial charge in [0.15, 0.2) is 0 Å². The SMILES string of the molecule is COc1ccc(CCC(=O)N2CCN(c3ccccc3)C(=O)C2)cc1. The number of benzene rings is 2. The van der Waals surface area contributed by atoms with Crippen LogP contribution in [0.1, 0.15) is 12.0 Å². The Labute approximate surface area is 147 Å². The second-order valence-electron chi connectivity index (χ2n) is 6.04. The third kappa shape index (κ3) is 4.18. The van der Waals surface area contributed by atoms with Gasteiger partial charge in [-0.3, -0.25) is 9.59 Å². The minimum atomic E-state index is -0.0322. The number of nitrogens with zero attached hydrogens (tertiary/aromatic N) is 2. The Kier molecular flexibility index (Phi) is 5.33. The maximum atomic E-state index is 12.4. The monoisotopic (exact) mass is 338 g/mol. The van der Waals surface area contributed by atoms with Crippen molar-refractivity contribution < 1.29 is 14.3 Å². The van der Waals surface area contributed by atoms with E-state index < -0.39 is 0 Å². The first-order valence-electron chi connectivity index (χ1n) is 8.43. The molecular formula is C20H22N2O3. The molecule has 5 heteroatoms. The zero-order valence-electron chi connectivity index (χ0n) is 14.4. The second kappa shape index (κ2) is 7.83. The van der Waals surface area contributed by atoms with E-state index >= 15 is 0 Å². The maximum Gasteiger partial charge on any atom is 0.246 e. The Balaban J connectivity index is 1.53.